The molecule has 0 heterocycles. The van der Waals surface area contributed by atoms with E-state index >= 15 is 0 Å². The van der Waals surface area contributed by atoms with Crippen molar-refractivity contribution in [2.45, 2.75) is 101 Å². The van der Waals surface area contributed by atoms with Crippen molar-refractivity contribution in [3.63, 3.8) is 0 Å². The van der Waals surface area contributed by atoms with Crippen LogP contribution in [0.5, 0.6) is 0 Å². The summed E-state index contributed by atoms with van der Waals surface area (Å²) in [6.45, 7) is 2.86. The molecule has 0 aliphatic carbocycles. The molecule has 0 aromatic heterocycles. The van der Waals surface area contributed by atoms with Crippen molar-refractivity contribution in [2.75, 3.05) is 6.54 Å². The van der Waals surface area contributed by atoms with E-state index in [1.165, 1.54) is 6.92 Å². The highest BCUT2D eigenvalue weighted by atomic mass is 16.4. The topological polar surface area (TPSA) is 351 Å². The molecule has 14 N–H and O–H groups in total. The summed E-state index contributed by atoms with van der Waals surface area (Å²) in [5.74, 6) is -9.06. The molecule has 0 aliphatic heterocycles. The van der Waals surface area contributed by atoms with Gasteiger partial charge in [0, 0.05) is 12.8 Å². The van der Waals surface area contributed by atoms with E-state index < -0.39 is 121 Å². The predicted octanol–water partition coefficient (Wildman–Crippen LogP) is -3.19. The molecule has 21 nitrogen and oxygen atoms in total. The van der Waals surface area contributed by atoms with Gasteiger partial charge in [0.05, 0.1) is 31.2 Å². The van der Waals surface area contributed by atoms with Gasteiger partial charge in [-0.25, -0.2) is 0 Å². The van der Waals surface area contributed by atoms with Crippen LogP contribution < -0.4 is 48.7 Å². The highest BCUT2D eigenvalue weighted by Crippen LogP contribution is 2.08. The summed E-state index contributed by atoms with van der Waals surface area (Å²) in [4.78, 5) is 116. The molecule has 0 saturated carbocycles. The number of amides is 8. The van der Waals surface area contributed by atoms with Gasteiger partial charge in [0.2, 0.25) is 47.3 Å². The van der Waals surface area contributed by atoms with Crippen LogP contribution >= 0.6 is 0 Å². The quantitative estimate of drug-likeness (QED) is 0.0399. The average Bonchev–Trinajstić information content (AvgIpc) is 3.26. The Kier molecular flexibility index (Phi) is 20.7. The number of carboxylic acid groups (broad SMARTS) is 1. The lowest BCUT2D eigenvalue weighted by Crippen LogP contribution is -2.62. The molecule has 8 amide bonds. The van der Waals surface area contributed by atoms with Crippen LogP contribution in [0.4, 0.5) is 0 Å². The molecule has 3 aromatic rings. The second-order valence-electron chi connectivity index (χ2n) is 15.3. The van der Waals surface area contributed by atoms with Gasteiger partial charge in [-0.3, -0.25) is 43.2 Å². The third-order valence-corrected chi connectivity index (χ3v) is 9.82. The van der Waals surface area contributed by atoms with Crippen LogP contribution in [0.2, 0.25) is 0 Å². The maximum atomic E-state index is 13.8. The van der Waals surface area contributed by atoms with Crippen LogP contribution in [-0.4, -0.2) is 130 Å². The zero-order valence-corrected chi connectivity index (χ0v) is 36.1. The van der Waals surface area contributed by atoms with E-state index in [9.17, 15) is 58.5 Å². The molecule has 21 heteroatoms. The summed E-state index contributed by atoms with van der Waals surface area (Å²) >= 11 is 0. The van der Waals surface area contributed by atoms with Crippen LogP contribution in [0, 0.1) is 0 Å². The summed E-state index contributed by atoms with van der Waals surface area (Å²) in [6, 6.07) is 15.4. The van der Waals surface area contributed by atoms with E-state index in [1.807, 2.05) is 0 Å². The predicted molar refractivity (Wildman–Crippen MR) is 233 cm³/mol. The molecule has 0 unspecified atom stereocenters. The molecular formula is C44H57N9O12. The Labute approximate surface area is 374 Å². The molecule has 0 saturated heterocycles. The lowest BCUT2D eigenvalue weighted by molar-refractivity contribution is -0.141. The number of aliphatic hydroxyl groups is 2. The van der Waals surface area contributed by atoms with Crippen LogP contribution in [0.15, 0.2) is 91.0 Å². The number of aliphatic hydroxyl groups excluding tert-OH is 2. The number of carbonyl (C=O) groups is 9. The van der Waals surface area contributed by atoms with Crippen molar-refractivity contribution >= 4 is 53.2 Å². The van der Waals surface area contributed by atoms with Crippen LogP contribution in [0.3, 0.4) is 0 Å². The molecular weight excluding hydrogens is 847 g/mol. The lowest BCUT2D eigenvalue weighted by Gasteiger charge is -2.28. The molecule has 65 heavy (non-hydrogen) atoms. The van der Waals surface area contributed by atoms with Gasteiger partial charge in [0.1, 0.15) is 36.3 Å². The van der Waals surface area contributed by atoms with Gasteiger partial charge >= 0.3 is 5.97 Å². The number of nitrogens with two attached hydrogens (primary N) is 2. The second kappa shape index (κ2) is 25.8. The first kappa shape index (κ1) is 52.1. The maximum absolute atomic E-state index is 13.8. The number of carbonyl (C=O) groups excluding carboxylic acids is 8. The summed E-state index contributed by atoms with van der Waals surface area (Å²) in [5.41, 5.74) is 13.4. The van der Waals surface area contributed by atoms with Crippen molar-refractivity contribution in [2.24, 2.45) is 11.5 Å². The van der Waals surface area contributed by atoms with Crippen molar-refractivity contribution < 1.29 is 58.5 Å². The number of primary amides is 1. The van der Waals surface area contributed by atoms with E-state index in [0.29, 0.717) is 11.1 Å². The number of hydrogen-bond acceptors (Lipinski definition) is 12. The monoisotopic (exact) mass is 903 g/mol. The fraction of sp³-hybridized carbons (Fsp3) is 0.386. The highest BCUT2D eigenvalue weighted by Gasteiger charge is 2.35. The first-order chi connectivity index (χ1) is 30.7. The van der Waals surface area contributed by atoms with Crippen LogP contribution in [0.1, 0.15) is 43.9 Å². The molecule has 3 aromatic carbocycles. The first-order valence-electron chi connectivity index (χ1n) is 20.6. The molecule has 0 fully saturated rings. The molecule has 0 spiro atoms. The minimum atomic E-state index is -1.78. The van der Waals surface area contributed by atoms with Gasteiger partial charge in [0.25, 0.3) is 0 Å². The Hall–Kier alpha value is -7.23. The summed E-state index contributed by atoms with van der Waals surface area (Å²) < 4.78 is 0. The molecule has 9 atom stereocenters. The largest absolute Gasteiger partial charge is 0.481 e. The van der Waals surface area contributed by atoms with Crippen molar-refractivity contribution in [3.05, 3.63) is 108 Å². The molecule has 3 rings (SSSR count). The summed E-state index contributed by atoms with van der Waals surface area (Å²) in [6.07, 6.45) is -4.06. The number of benzene rings is 3. The molecule has 0 bridgehead atoms. The van der Waals surface area contributed by atoms with Gasteiger partial charge in [-0.05, 0) is 43.9 Å². The second-order valence-corrected chi connectivity index (χ2v) is 15.3. The van der Waals surface area contributed by atoms with E-state index in [4.69, 9.17) is 11.5 Å². The fourth-order valence-electron chi connectivity index (χ4n) is 6.26. The van der Waals surface area contributed by atoms with Gasteiger partial charge in [-0.2, -0.15) is 0 Å². The van der Waals surface area contributed by atoms with E-state index in [2.05, 4.69) is 37.2 Å². The third-order valence-electron chi connectivity index (χ3n) is 9.82. The lowest BCUT2D eigenvalue weighted by atomic mass is 10.0. The third kappa shape index (κ3) is 17.8. The minimum absolute atomic E-state index is 0.0716. The average molecular weight is 904 g/mol. The van der Waals surface area contributed by atoms with Crippen LogP contribution in [0.25, 0.3) is 0 Å². The van der Waals surface area contributed by atoms with Gasteiger partial charge in [0.15, 0.2) is 0 Å². The fourth-order valence-corrected chi connectivity index (χ4v) is 6.26. The SMILES string of the molecule is C[C@H](NC(=O)[C@H](CC(=O)O)NC(=O)[C@@H](N)Cc1ccccc1)C(=O)N[C@@H](Cc1ccccc1)C(=O)N[C@H](C(=O)N[C@H](C(=O)NCC(=O)N[C@@H](Cc1ccccc1)C(N)=O)[C@@H](C)O)[C@@H](C)O. The van der Waals surface area contributed by atoms with Crippen molar-refractivity contribution in [1.82, 2.24) is 37.2 Å². The van der Waals surface area contributed by atoms with Crippen molar-refractivity contribution in [1.29, 1.82) is 0 Å². The van der Waals surface area contributed by atoms with Crippen molar-refractivity contribution in [3.8, 4) is 0 Å². The zero-order valence-electron chi connectivity index (χ0n) is 36.1. The number of hydrogen-bond donors (Lipinski definition) is 12. The normalized spacial score (nSPS) is 15.0. The summed E-state index contributed by atoms with van der Waals surface area (Å²) in [5, 5.41) is 46.9. The van der Waals surface area contributed by atoms with E-state index in [0.717, 1.165) is 19.4 Å². The number of rotatable bonds is 25. The Morgan fingerprint density at radius 1 is 0.508 bits per heavy atom. The Bertz CT molecular complexity index is 2110. The smallest absolute Gasteiger partial charge is 0.305 e. The first-order valence-corrected chi connectivity index (χ1v) is 20.6. The molecule has 350 valence electrons. The Morgan fingerprint density at radius 3 is 1.42 bits per heavy atom. The summed E-state index contributed by atoms with van der Waals surface area (Å²) in [7, 11) is 0. The Morgan fingerprint density at radius 2 is 0.938 bits per heavy atom. The van der Waals surface area contributed by atoms with Gasteiger partial charge in [-0.15, -0.1) is 0 Å². The Balaban J connectivity index is 1.69. The minimum Gasteiger partial charge on any atom is -0.481 e. The van der Waals surface area contributed by atoms with Gasteiger partial charge in [-0.1, -0.05) is 91.0 Å². The number of nitrogens with one attached hydrogen (secondary N) is 7. The standard InChI is InChI=1S/C44H57N9O12/c1-24(48-41(62)33(22-35(57)58)51-40(61)30(45)19-27-13-7-4-8-14-27)39(60)50-32(21-29-17-11-6-12-18-29)42(63)52-37(26(3)55)44(65)53-36(25(2)54)43(64)47-23-34(56)49-31(38(46)59)20-28-15-9-5-10-16-28/h4-18,24-26,30-33,36-37,54-55H,19-23,45H2,1-3H3,(H2,46,59)(H,47,64)(H,48,62)(H,49,56)(H,50,60)(H,51,61)(H,52,63)(H,53,65)(H,57,58)/t24-,25+,26+,30-,31-,32-,33-,36-,37-/m0/s1. The molecule has 0 radical (unpaired) electrons. The molecule has 0 aliphatic rings. The maximum Gasteiger partial charge on any atom is 0.305 e. The van der Waals surface area contributed by atoms with Crippen LogP contribution in [-0.2, 0) is 62.4 Å². The van der Waals surface area contributed by atoms with E-state index in [-0.39, 0.29) is 19.3 Å². The zero-order chi connectivity index (χ0) is 48.2. The van der Waals surface area contributed by atoms with E-state index in [1.54, 1.807) is 91.0 Å². The highest BCUT2D eigenvalue weighted by molar-refractivity contribution is 5.98. The van der Waals surface area contributed by atoms with Gasteiger partial charge < -0.3 is 64.0 Å². The number of aliphatic carboxylic acids is 1. The number of carboxylic acids is 1.